The van der Waals surface area contributed by atoms with Crippen LogP contribution in [0.2, 0.25) is 0 Å². The molecule has 0 amide bonds. The number of rotatable bonds is 2. The number of imidazole rings is 1. The van der Waals surface area contributed by atoms with Crippen LogP contribution >= 0.6 is 0 Å². The molecule has 3 rings (SSSR count). The van der Waals surface area contributed by atoms with Crippen molar-refractivity contribution in [3.63, 3.8) is 0 Å². The molecule has 3 heteroatoms. The van der Waals surface area contributed by atoms with E-state index in [2.05, 4.69) is 28.2 Å². The van der Waals surface area contributed by atoms with Gasteiger partial charge in [-0.3, -0.25) is 0 Å². The number of benzene rings is 1. The number of nitrogens with one attached hydrogen (secondary N) is 1. The van der Waals surface area contributed by atoms with E-state index in [0.29, 0.717) is 5.92 Å². The van der Waals surface area contributed by atoms with Crippen LogP contribution in [-0.2, 0) is 12.8 Å². The first-order valence-electron chi connectivity index (χ1n) is 6.02. The lowest BCUT2D eigenvalue weighted by Crippen LogP contribution is -2.12. The van der Waals surface area contributed by atoms with Gasteiger partial charge in [0.05, 0.1) is 19.1 Å². The van der Waals surface area contributed by atoms with Crippen molar-refractivity contribution in [2.45, 2.75) is 25.2 Å². The van der Waals surface area contributed by atoms with Crippen LogP contribution < -0.4 is 4.74 Å². The van der Waals surface area contributed by atoms with Crippen molar-refractivity contribution >= 4 is 0 Å². The largest absolute Gasteiger partial charge is 0.497 e. The highest BCUT2D eigenvalue weighted by Crippen LogP contribution is 2.32. The Morgan fingerprint density at radius 2 is 2.35 bits per heavy atom. The van der Waals surface area contributed by atoms with Gasteiger partial charge in [-0.05, 0) is 42.9 Å². The standard InChI is InChI=1S/C14H16N2O/c1-17-12-4-2-3-10(7-12)11-5-6-13-14(8-11)16-9-15-13/h2-4,7,9,11H,5-6,8H2,1H3,(H,15,16). The zero-order valence-corrected chi connectivity index (χ0v) is 9.94. The van der Waals surface area contributed by atoms with Crippen molar-refractivity contribution in [3.8, 4) is 5.75 Å². The maximum atomic E-state index is 5.28. The highest BCUT2D eigenvalue weighted by atomic mass is 16.5. The summed E-state index contributed by atoms with van der Waals surface area (Å²) < 4.78 is 5.28. The van der Waals surface area contributed by atoms with Gasteiger partial charge >= 0.3 is 0 Å². The SMILES string of the molecule is COc1cccc(C2CCc3nc[nH]c3C2)c1. The maximum Gasteiger partial charge on any atom is 0.119 e. The minimum absolute atomic E-state index is 0.582. The van der Waals surface area contributed by atoms with Crippen LogP contribution in [0.3, 0.4) is 0 Å². The fourth-order valence-electron chi connectivity index (χ4n) is 2.58. The van der Waals surface area contributed by atoms with E-state index in [1.54, 1.807) is 13.4 Å². The third-order valence-electron chi connectivity index (χ3n) is 3.55. The quantitative estimate of drug-likeness (QED) is 0.858. The van der Waals surface area contributed by atoms with Crippen LogP contribution in [0.4, 0.5) is 0 Å². The summed E-state index contributed by atoms with van der Waals surface area (Å²) in [4.78, 5) is 7.58. The van der Waals surface area contributed by atoms with Gasteiger partial charge in [0, 0.05) is 5.69 Å². The predicted molar refractivity (Wildman–Crippen MR) is 66.3 cm³/mol. The maximum absolute atomic E-state index is 5.28. The first-order chi connectivity index (χ1) is 8.36. The normalized spacial score (nSPS) is 18.8. The van der Waals surface area contributed by atoms with E-state index in [9.17, 15) is 0 Å². The number of nitrogens with zero attached hydrogens (tertiary/aromatic N) is 1. The first-order valence-corrected chi connectivity index (χ1v) is 6.02. The average molecular weight is 228 g/mol. The number of aromatic nitrogens is 2. The number of aromatic amines is 1. The third-order valence-corrected chi connectivity index (χ3v) is 3.55. The molecule has 0 fully saturated rings. The molecule has 0 saturated heterocycles. The summed E-state index contributed by atoms with van der Waals surface area (Å²) in [6.45, 7) is 0. The average Bonchev–Trinajstić information content (AvgIpc) is 2.86. The van der Waals surface area contributed by atoms with E-state index in [0.717, 1.165) is 18.6 Å². The molecule has 1 aromatic carbocycles. The minimum atomic E-state index is 0.582. The van der Waals surface area contributed by atoms with Gasteiger partial charge in [0.1, 0.15) is 5.75 Å². The predicted octanol–water partition coefficient (Wildman–Crippen LogP) is 2.69. The summed E-state index contributed by atoms with van der Waals surface area (Å²) in [5, 5.41) is 0. The van der Waals surface area contributed by atoms with Crippen molar-refractivity contribution in [1.29, 1.82) is 0 Å². The number of methoxy groups -OCH3 is 1. The molecule has 0 bridgehead atoms. The summed E-state index contributed by atoms with van der Waals surface area (Å²) in [7, 11) is 1.72. The lowest BCUT2D eigenvalue weighted by atomic mass is 9.84. The molecular weight excluding hydrogens is 212 g/mol. The first kappa shape index (κ1) is 10.4. The lowest BCUT2D eigenvalue weighted by Gasteiger charge is -2.22. The van der Waals surface area contributed by atoms with Crippen molar-refractivity contribution in [2.24, 2.45) is 0 Å². The van der Waals surface area contributed by atoms with E-state index < -0.39 is 0 Å². The molecular formula is C14H16N2O. The van der Waals surface area contributed by atoms with E-state index >= 15 is 0 Å². The molecule has 17 heavy (non-hydrogen) atoms. The molecule has 1 N–H and O–H groups in total. The summed E-state index contributed by atoms with van der Waals surface area (Å²) in [5.41, 5.74) is 3.90. The Balaban J connectivity index is 1.86. The molecule has 0 saturated carbocycles. The van der Waals surface area contributed by atoms with Crippen LogP contribution in [0.1, 0.15) is 29.3 Å². The second-order valence-corrected chi connectivity index (χ2v) is 4.54. The monoisotopic (exact) mass is 228 g/mol. The molecule has 1 aliphatic carbocycles. The smallest absolute Gasteiger partial charge is 0.119 e. The molecule has 1 aliphatic rings. The van der Waals surface area contributed by atoms with Crippen LogP contribution in [0.25, 0.3) is 0 Å². The molecule has 0 spiro atoms. The topological polar surface area (TPSA) is 37.9 Å². The van der Waals surface area contributed by atoms with Crippen LogP contribution in [0, 0.1) is 0 Å². The molecule has 1 atom stereocenters. The Kier molecular flexibility index (Phi) is 2.59. The molecule has 1 aromatic heterocycles. The molecule has 2 aromatic rings. The third kappa shape index (κ3) is 1.93. The lowest BCUT2D eigenvalue weighted by molar-refractivity contribution is 0.413. The number of ether oxygens (including phenoxy) is 1. The van der Waals surface area contributed by atoms with Gasteiger partial charge in [0.15, 0.2) is 0 Å². The highest BCUT2D eigenvalue weighted by molar-refractivity contribution is 5.33. The summed E-state index contributed by atoms with van der Waals surface area (Å²) >= 11 is 0. The molecule has 0 aliphatic heterocycles. The fourth-order valence-corrected chi connectivity index (χ4v) is 2.58. The minimum Gasteiger partial charge on any atom is -0.497 e. The van der Waals surface area contributed by atoms with Gasteiger partial charge in [0.2, 0.25) is 0 Å². The van der Waals surface area contributed by atoms with Gasteiger partial charge in [-0.2, -0.15) is 0 Å². The van der Waals surface area contributed by atoms with Crippen molar-refractivity contribution in [1.82, 2.24) is 9.97 Å². The zero-order valence-electron chi connectivity index (χ0n) is 9.94. The number of hydrogen-bond donors (Lipinski definition) is 1. The Morgan fingerprint density at radius 1 is 1.41 bits per heavy atom. The molecule has 3 nitrogen and oxygen atoms in total. The van der Waals surface area contributed by atoms with E-state index in [1.807, 2.05) is 6.07 Å². The second-order valence-electron chi connectivity index (χ2n) is 4.54. The highest BCUT2D eigenvalue weighted by Gasteiger charge is 2.21. The van der Waals surface area contributed by atoms with Gasteiger partial charge in [-0.1, -0.05) is 12.1 Å². The van der Waals surface area contributed by atoms with E-state index in [4.69, 9.17) is 4.74 Å². The Morgan fingerprint density at radius 3 is 3.24 bits per heavy atom. The van der Waals surface area contributed by atoms with Crippen LogP contribution in [-0.4, -0.2) is 17.1 Å². The number of H-pyrrole nitrogens is 1. The van der Waals surface area contributed by atoms with Crippen molar-refractivity contribution < 1.29 is 4.74 Å². The number of hydrogen-bond acceptors (Lipinski definition) is 2. The molecule has 0 radical (unpaired) electrons. The zero-order chi connectivity index (χ0) is 11.7. The summed E-state index contributed by atoms with van der Waals surface area (Å²) in [6.07, 6.45) is 5.10. The summed E-state index contributed by atoms with van der Waals surface area (Å²) in [5.74, 6) is 1.52. The van der Waals surface area contributed by atoms with Gasteiger partial charge < -0.3 is 9.72 Å². The molecule has 1 unspecified atom stereocenters. The van der Waals surface area contributed by atoms with Crippen molar-refractivity contribution in [2.75, 3.05) is 7.11 Å². The Hall–Kier alpha value is -1.77. The molecule has 1 heterocycles. The Labute approximate surface area is 101 Å². The van der Waals surface area contributed by atoms with Crippen LogP contribution in [0.15, 0.2) is 30.6 Å². The number of fused-ring (bicyclic) bond motifs is 1. The fraction of sp³-hybridized carbons (Fsp3) is 0.357. The molecule has 88 valence electrons. The number of aryl methyl sites for hydroxylation is 1. The Bertz CT molecular complexity index is 518. The van der Waals surface area contributed by atoms with E-state index in [1.165, 1.54) is 23.4 Å². The van der Waals surface area contributed by atoms with Crippen molar-refractivity contribution in [3.05, 3.63) is 47.5 Å². The van der Waals surface area contributed by atoms with E-state index in [-0.39, 0.29) is 0 Å². The van der Waals surface area contributed by atoms with Gasteiger partial charge in [-0.25, -0.2) is 4.98 Å². The van der Waals surface area contributed by atoms with Crippen LogP contribution in [0.5, 0.6) is 5.75 Å². The summed E-state index contributed by atoms with van der Waals surface area (Å²) in [6, 6.07) is 8.39. The van der Waals surface area contributed by atoms with Gasteiger partial charge in [-0.15, -0.1) is 0 Å². The van der Waals surface area contributed by atoms with Gasteiger partial charge in [0.25, 0.3) is 0 Å². The second kappa shape index (κ2) is 4.24.